The molecule has 18 heteroatoms. The Labute approximate surface area is 176 Å². The average molecular weight is 494 g/mol. The van der Waals surface area contributed by atoms with Crippen molar-refractivity contribution in [3.05, 3.63) is 54.6 Å². The number of phenolic OH excluding ortho intramolecular Hbond substituents is 2. The van der Waals surface area contributed by atoms with E-state index < -0.39 is 97.2 Å². The van der Waals surface area contributed by atoms with Gasteiger partial charge in [0, 0.05) is 23.3 Å². The van der Waals surface area contributed by atoms with Gasteiger partial charge in [-0.05, 0) is 0 Å². The van der Waals surface area contributed by atoms with Gasteiger partial charge in [-0.25, -0.2) is 0 Å². The molecule has 0 aliphatic heterocycles. The van der Waals surface area contributed by atoms with Gasteiger partial charge in [0.05, 0.1) is 21.0 Å². The topological polar surface area (TPSA) is 276 Å². The van der Waals surface area contributed by atoms with Gasteiger partial charge in [-0.1, -0.05) is 0 Å². The highest BCUT2D eigenvalue weighted by molar-refractivity contribution is 7.86. The smallest absolute Gasteiger partial charge is 0.298 e. The number of nitrogens with zero attached hydrogens (tertiary/aromatic N) is 2. The van der Waals surface area contributed by atoms with Crippen LogP contribution in [0.5, 0.6) is 11.5 Å². The van der Waals surface area contributed by atoms with Crippen molar-refractivity contribution in [2.45, 2.75) is 22.0 Å². The fourth-order valence-corrected chi connectivity index (χ4v) is 4.68. The number of rotatable bonds is 4. The first-order valence-corrected chi connectivity index (χ1v) is 10.8. The minimum Gasteiger partial charge on any atom is -0.506 e. The van der Waals surface area contributed by atoms with Crippen LogP contribution in [0.25, 0.3) is 0 Å². The summed E-state index contributed by atoms with van der Waals surface area (Å²) in [4.78, 5) is 17.4. The monoisotopic (exact) mass is 494 g/mol. The lowest BCUT2D eigenvalue weighted by atomic mass is 9.79. The van der Waals surface area contributed by atoms with E-state index in [1.807, 2.05) is 0 Å². The van der Waals surface area contributed by atoms with E-state index in [0.717, 1.165) is 0 Å². The minimum absolute atomic E-state index is 0.114. The van der Waals surface area contributed by atoms with E-state index in [4.69, 9.17) is 0 Å². The fourth-order valence-electron chi connectivity index (χ4n) is 3.45. The second kappa shape index (κ2) is 7.05. The molecule has 0 saturated heterocycles. The van der Waals surface area contributed by atoms with E-state index in [2.05, 4.69) is 0 Å². The molecule has 2 atom stereocenters. The summed E-state index contributed by atoms with van der Waals surface area (Å²) in [5.74, 6) is -3.00. The number of nitro benzene ring substituents is 2. The number of aliphatic hydroxyl groups is 2. The van der Waals surface area contributed by atoms with Gasteiger partial charge in [0.25, 0.3) is 31.6 Å². The molecule has 0 bridgehead atoms. The van der Waals surface area contributed by atoms with Gasteiger partial charge in [0.15, 0.2) is 0 Å². The Kier molecular flexibility index (Phi) is 5.12. The predicted octanol–water partition coefficient (Wildman–Crippen LogP) is -0.116. The van der Waals surface area contributed by atoms with Crippen LogP contribution in [0.1, 0.15) is 34.5 Å². The summed E-state index contributed by atoms with van der Waals surface area (Å²) in [7, 11) is -10.7. The number of phenols is 2. The zero-order valence-corrected chi connectivity index (χ0v) is 16.6. The standard InChI is InChI=1S/C14H10N2O14S2/c17-11-5(31(25,26)27)1-3(15(21)22)7-9(11)14(20)8-4(16(23)24)2-6(32(28,29)30)12(18)10(8)13(7)19/h1-2,13-14,17-20H,(H,25,26,27)(H,28,29,30). The molecule has 0 spiro atoms. The lowest BCUT2D eigenvalue weighted by molar-refractivity contribution is -0.387. The second-order valence-electron chi connectivity index (χ2n) is 6.41. The number of nitro groups is 2. The van der Waals surface area contributed by atoms with Gasteiger partial charge in [-0.3, -0.25) is 29.3 Å². The van der Waals surface area contributed by atoms with E-state index in [1.165, 1.54) is 0 Å². The summed E-state index contributed by atoms with van der Waals surface area (Å²) in [5.41, 5.74) is -7.01. The zero-order chi connectivity index (χ0) is 24.5. The quantitative estimate of drug-likeness (QED) is 0.184. The van der Waals surface area contributed by atoms with E-state index >= 15 is 0 Å². The van der Waals surface area contributed by atoms with Crippen molar-refractivity contribution in [2.75, 3.05) is 0 Å². The SMILES string of the molecule is O=[N+]([O-])c1cc(S(=O)(=O)O)c(O)c2c1C(O)c1c(O)c(S(=O)(=O)O)cc([N+](=O)[O-])c1C2O. The highest BCUT2D eigenvalue weighted by atomic mass is 32.2. The van der Waals surface area contributed by atoms with Crippen molar-refractivity contribution in [2.24, 2.45) is 0 Å². The Hall–Kier alpha value is -3.42. The molecule has 0 radical (unpaired) electrons. The molecule has 32 heavy (non-hydrogen) atoms. The first-order chi connectivity index (χ1) is 14.5. The third kappa shape index (κ3) is 3.30. The van der Waals surface area contributed by atoms with Crippen molar-refractivity contribution in [3.63, 3.8) is 0 Å². The molecule has 16 nitrogen and oxygen atoms in total. The first-order valence-electron chi connectivity index (χ1n) is 7.89. The summed E-state index contributed by atoms with van der Waals surface area (Å²) in [6, 6.07) is 0.227. The molecule has 6 N–H and O–H groups in total. The van der Waals surface area contributed by atoms with Crippen LogP contribution in [0.4, 0.5) is 11.4 Å². The zero-order valence-electron chi connectivity index (χ0n) is 15.0. The molecule has 1 aliphatic rings. The summed E-state index contributed by atoms with van der Waals surface area (Å²) >= 11 is 0. The van der Waals surface area contributed by atoms with E-state index in [9.17, 15) is 66.6 Å². The summed E-state index contributed by atoms with van der Waals surface area (Å²) in [6.45, 7) is 0. The van der Waals surface area contributed by atoms with Crippen LogP contribution < -0.4 is 0 Å². The van der Waals surface area contributed by atoms with Crippen molar-refractivity contribution in [1.29, 1.82) is 0 Å². The van der Waals surface area contributed by atoms with Crippen LogP contribution in [-0.4, -0.2) is 56.2 Å². The lowest BCUT2D eigenvalue weighted by Crippen LogP contribution is -2.23. The maximum Gasteiger partial charge on any atom is 0.298 e. The Balaban J connectivity index is 2.59. The normalized spacial score (nSPS) is 18.0. The molecule has 172 valence electrons. The molecule has 0 amide bonds. The maximum atomic E-state index is 11.5. The minimum atomic E-state index is -5.34. The highest BCUT2D eigenvalue weighted by Crippen LogP contribution is 2.55. The summed E-state index contributed by atoms with van der Waals surface area (Å²) in [5, 5.41) is 64.8. The Bertz CT molecular complexity index is 1320. The van der Waals surface area contributed by atoms with Gasteiger partial charge in [0.1, 0.15) is 33.5 Å². The molecule has 2 unspecified atom stereocenters. The largest absolute Gasteiger partial charge is 0.506 e. The van der Waals surface area contributed by atoms with Gasteiger partial charge in [-0.2, -0.15) is 16.8 Å². The molecule has 2 aromatic carbocycles. The van der Waals surface area contributed by atoms with E-state index in [-0.39, 0.29) is 12.1 Å². The number of fused-ring (bicyclic) bond motifs is 2. The van der Waals surface area contributed by atoms with Crippen LogP contribution in [0, 0.1) is 20.2 Å². The molecule has 0 aromatic heterocycles. The molecular weight excluding hydrogens is 484 g/mol. The van der Waals surface area contributed by atoms with Crippen LogP contribution in [0.2, 0.25) is 0 Å². The Morgan fingerprint density at radius 1 is 0.688 bits per heavy atom. The maximum absolute atomic E-state index is 11.5. The fraction of sp³-hybridized carbons (Fsp3) is 0.143. The van der Waals surface area contributed by atoms with Crippen molar-refractivity contribution in [1.82, 2.24) is 0 Å². The summed E-state index contributed by atoms with van der Waals surface area (Å²) < 4.78 is 64.6. The van der Waals surface area contributed by atoms with E-state index in [1.54, 1.807) is 0 Å². The molecular formula is C14H10N2O14S2. The average Bonchev–Trinajstić information content (AvgIpc) is 2.62. The molecule has 1 aliphatic carbocycles. The highest BCUT2D eigenvalue weighted by Gasteiger charge is 2.46. The number of hydrogen-bond donors (Lipinski definition) is 6. The Morgan fingerprint density at radius 3 is 1.19 bits per heavy atom. The lowest BCUT2D eigenvalue weighted by Gasteiger charge is -2.30. The molecule has 0 heterocycles. The van der Waals surface area contributed by atoms with Crippen LogP contribution >= 0.6 is 0 Å². The number of hydrogen-bond acceptors (Lipinski definition) is 12. The van der Waals surface area contributed by atoms with Gasteiger partial charge in [0.2, 0.25) is 0 Å². The van der Waals surface area contributed by atoms with Crippen LogP contribution in [0.3, 0.4) is 0 Å². The molecule has 2 aromatic rings. The van der Waals surface area contributed by atoms with Crippen molar-refractivity contribution in [3.8, 4) is 11.5 Å². The number of aliphatic hydroxyl groups excluding tert-OH is 2. The Morgan fingerprint density at radius 2 is 0.969 bits per heavy atom. The van der Waals surface area contributed by atoms with Crippen molar-refractivity contribution < 1.29 is 56.2 Å². The van der Waals surface area contributed by atoms with Gasteiger partial charge >= 0.3 is 0 Å². The number of aromatic hydroxyl groups is 2. The first kappa shape index (κ1) is 23.2. The number of benzene rings is 2. The van der Waals surface area contributed by atoms with Gasteiger partial charge < -0.3 is 20.4 Å². The van der Waals surface area contributed by atoms with E-state index in [0.29, 0.717) is 0 Å². The van der Waals surface area contributed by atoms with Crippen LogP contribution in [0.15, 0.2) is 21.9 Å². The third-order valence-electron chi connectivity index (χ3n) is 4.69. The predicted molar refractivity (Wildman–Crippen MR) is 97.3 cm³/mol. The molecule has 0 saturated carbocycles. The summed E-state index contributed by atoms with van der Waals surface area (Å²) in [6.07, 6.45) is -5.07. The second-order valence-corrected chi connectivity index (χ2v) is 9.19. The van der Waals surface area contributed by atoms with Crippen LogP contribution in [-0.2, 0) is 20.2 Å². The molecule has 3 rings (SSSR count). The third-order valence-corrected chi connectivity index (χ3v) is 6.42. The van der Waals surface area contributed by atoms with Crippen molar-refractivity contribution >= 4 is 31.6 Å². The van der Waals surface area contributed by atoms with Gasteiger partial charge in [-0.15, -0.1) is 0 Å². The molecule has 0 fully saturated rings.